The Morgan fingerprint density at radius 1 is 0.952 bits per heavy atom. The summed E-state index contributed by atoms with van der Waals surface area (Å²) in [5.74, 6) is -0.358. The third kappa shape index (κ3) is 12.8. The summed E-state index contributed by atoms with van der Waals surface area (Å²) < 4.78 is 7.44. The van der Waals surface area contributed by atoms with Crippen LogP contribution in [0.15, 0.2) is 36.7 Å². The van der Waals surface area contributed by atoms with Gasteiger partial charge in [0.15, 0.2) is 5.05 Å². The first-order valence-corrected chi connectivity index (χ1v) is 15.8. The highest BCUT2D eigenvalue weighted by Crippen LogP contribution is 2.13. The molecule has 1 N–H and O–H groups in total. The second-order valence-corrected chi connectivity index (χ2v) is 11.4. The second-order valence-electron chi connectivity index (χ2n) is 11.0. The van der Waals surface area contributed by atoms with Gasteiger partial charge in [0, 0.05) is 38.2 Å². The number of piperazine rings is 1. The largest absolute Gasteiger partial charge is 0.487 e. The summed E-state index contributed by atoms with van der Waals surface area (Å²) in [5.41, 5.74) is 1.28. The molecule has 1 aromatic heterocycles. The lowest BCUT2D eigenvalue weighted by Gasteiger charge is -2.34. The SMILES string of the molecule is CCCCCCCCCCCCOC(=S)CCC(NC(=O)c1ccc(-n2ccnn2)cc1)C(=O)N1CCN(C)CC1.Cl. The van der Waals surface area contributed by atoms with Crippen LogP contribution in [0.1, 0.15) is 94.3 Å². The third-order valence-corrected chi connectivity index (χ3v) is 7.95. The molecule has 1 aliphatic heterocycles. The minimum absolute atomic E-state index is 0. The standard InChI is InChI=1S/C31H48N6O3S.ClH/c1-3-4-5-6-7-8-9-10-11-12-25-40-29(41)18-17-28(31(39)36-23-21-35(2)22-24-36)33-30(38)26-13-15-27(16-14-26)37-20-19-32-34-37;/h13-16,19-20,28H,3-12,17-18,21-25H2,1-2H3,(H,33,38);1H. The number of hydrogen-bond donors (Lipinski definition) is 1. The van der Waals surface area contributed by atoms with Gasteiger partial charge in [0.2, 0.25) is 5.91 Å². The summed E-state index contributed by atoms with van der Waals surface area (Å²) in [6.07, 6.45) is 16.9. The molecule has 3 rings (SSSR count). The number of unbranched alkanes of at least 4 members (excludes halogenated alkanes) is 9. The van der Waals surface area contributed by atoms with Crippen LogP contribution in [-0.4, -0.2) is 87.5 Å². The van der Waals surface area contributed by atoms with Crippen LogP contribution >= 0.6 is 24.6 Å². The second kappa shape index (κ2) is 20.4. The Kier molecular flexibility index (Phi) is 17.3. The highest BCUT2D eigenvalue weighted by atomic mass is 35.5. The number of likely N-dealkylation sites (N-methyl/N-ethyl adjacent to an activating group) is 1. The van der Waals surface area contributed by atoms with Gasteiger partial charge >= 0.3 is 0 Å². The number of rotatable bonds is 18. The van der Waals surface area contributed by atoms with E-state index in [0.717, 1.165) is 31.6 Å². The molecule has 0 radical (unpaired) electrons. The van der Waals surface area contributed by atoms with E-state index in [1.165, 1.54) is 51.4 Å². The number of aromatic nitrogens is 3. The van der Waals surface area contributed by atoms with Crippen molar-refractivity contribution in [3.8, 4) is 5.69 Å². The molecule has 234 valence electrons. The number of halogens is 1. The molecule has 0 bridgehead atoms. The Morgan fingerprint density at radius 3 is 2.17 bits per heavy atom. The molecule has 11 heteroatoms. The van der Waals surface area contributed by atoms with Gasteiger partial charge in [0.1, 0.15) is 6.04 Å². The lowest BCUT2D eigenvalue weighted by atomic mass is 10.1. The molecule has 1 aromatic carbocycles. The van der Waals surface area contributed by atoms with Crippen LogP contribution in [0.25, 0.3) is 5.69 Å². The van der Waals surface area contributed by atoms with Gasteiger partial charge in [-0.05, 0) is 56.4 Å². The van der Waals surface area contributed by atoms with Gasteiger partial charge < -0.3 is 19.9 Å². The van der Waals surface area contributed by atoms with Crippen LogP contribution in [0.3, 0.4) is 0 Å². The van der Waals surface area contributed by atoms with E-state index in [2.05, 4.69) is 34.5 Å². The fraction of sp³-hybridized carbons (Fsp3) is 0.645. The highest BCUT2D eigenvalue weighted by molar-refractivity contribution is 7.80. The van der Waals surface area contributed by atoms with Gasteiger partial charge in [-0.1, -0.05) is 69.9 Å². The molecular formula is C31H49ClN6O3S. The number of benzene rings is 1. The number of ether oxygens (including phenoxy) is 1. The van der Waals surface area contributed by atoms with Gasteiger partial charge in [-0.2, -0.15) is 0 Å². The molecule has 1 unspecified atom stereocenters. The van der Waals surface area contributed by atoms with Crippen molar-refractivity contribution >= 4 is 41.5 Å². The molecule has 0 aliphatic carbocycles. The fourth-order valence-corrected chi connectivity index (χ4v) is 5.17. The van der Waals surface area contributed by atoms with Crippen LogP contribution in [0.2, 0.25) is 0 Å². The summed E-state index contributed by atoms with van der Waals surface area (Å²) in [6, 6.07) is 6.39. The molecular weight excluding hydrogens is 572 g/mol. The summed E-state index contributed by atoms with van der Waals surface area (Å²) in [7, 11) is 2.05. The normalized spacial score (nSPS) is 14.2. The van der Waals surface area contributed by atoms with Crippen molar-refractivity contribution in [2.24, 2.45) is 0 Å². The van der Waals surface area contributed by atoms with Gasteiger partial charge in [-0.15, -0.1) is 17.5 Å². The minimum atomic E-state index is -0.667. The lowest BCUT2D eigenvalue weighted by Crippen LogP contribution is -2.54. The molecule has 1 saturated heterocycles. The zero-order chi connectivity index (χ0) is 29.3. The molecule has 1 aliphatic rings. The number of carbonyl (C=O) groups excluding carboxylic acids is 2. The van der Waals surface area contributed by atoms with E-state index in [1.54, 1.807) is 41.3 Å². The van der Waals surface area contributed by atoms with Crippen LogP contribution in [0, 0.1) is 0 Å². The van der Waals surface area contributed by atoms with Crippen LogP contribution in [0.4, 0.5) is 0 Å². The molecule has 2 amide bonds. The summed E-state index contributed by atoms with van der Waals surface area (Å²) >= 11 is 5.48. The molecule has 2 aromatic rings. The van der Waals surface area contributed by atoms with Crippen molar-refractivity contribution < 1.29 is 14.3 Å². The average molecular weight is 621 g/mol. The van der Waals surface area contributed by atoms with Crippen molar-refractivity contribution in [2.75, 3.05) is 39.8 Å². The van der Waals surface area contributed by atoms with Gasteiger partial charge in [0.25, 0.3) is 5.91 Å². The molecule has 9 nitrogen and oxygen atoms in total. The van der Waals surface area contributed by atoms with Crippen LogP contribution in [0.5, 0.6) is 0 Å². The average Bonchev–Trinajstić information content (AvgIpc) is 3.53. The first kappa shape index (κ1) is 35.6. The number of hydrogen-bond acceptors (Lipinski definition) is 7. The molecule has 2 heterocycles. The van der Waals surface area contributed by atoms with E-state index in [0.29, 0.717) is 43.2 Å². The van der Waals surface area contributed by atoms with Crippen molar-refractivity contribution in [1.29, 1.82) is 0 Å². The van der Waals surface area contributed by atoms with E-state index >= 15 is 0 Å². The predicted molar refractivity (Wildman–Crippen MR) is 174 cm³/mol. The summed E-state index contributed by atoms with van der Waals surface area (Å²) in [6.45, 7) is 5.79. The van der Waals surface area contributed by atoms with Crippen molar-refractivity contribution in [3.63, 3.8) is 0 Å². The maximum atomic E-state index is 13.4. The van der Waals surface area contributed by atoms with E-state index in [4.69, 9.17) is 17.0 Å². The Bertz CT molecular complexity index is 1050. The third-order valence-electron chi connectivity index (χ3n) is 7.63. The Hall–Kier alpha value is -2.56. The minimum Gasteiger partial charge on any atom is -0.487 e. The zero-order valence-corrected chi connectivity index (χ0v) is 27.0. The van der Waals surface area contributed by atoms with E-state index in [9.17, 15) is 9.59 Å². The monoisotopic (exact) mass is 620 g/mol. The van der Waals surface area contributed by atoms with Crippen molar-refractivity contribution in [3.05, 3.63) is 42.2 Å². The summed E-state index contributed by atoms with van der Waals surface area (Å²) in [5, 5.41) is 11.3. The zero-order valence-electron chi connectivity index (χ0n) is 25.3. The molecule has 0 saturated carbocycles. The number of nitrogens with one attached hydrogen (secondary N) is 1. The topological polar surface area (TPSA) is 92.6 Å². The number of amides is 2. The van der Waals surface area contributed by atoms with Gasteiger partial charge in [0.05, 0.1) is 24.7 Å². The molecule has 1 fully saturated rings. The molecule has 1 atom stereocenters. The highest BCUT2D eigenvalue weighted by Gasteiger charge is 2.28. The van der Waals surface area contributed by atoms with E-state index in [1.807, 2.05) is 4.90 Å². The molecule has 42 heavy (non-hydrogen) atoms. The lowest BCUT2D eigenvalue weighted by molar-refractivity contribution is -0.135. The van der Waals surface area contributed by atoms with Gasteiger partial charge in [-0.25, -0.2) is 4.68 Å². The predicted octanol–water partition coefficient (Wildman–Crippen LogP) is 5.61. The Labute approximate surface area is 263 Å². The number of thiocarbonyl (C=S) groups is 1. The van der Waals surface area contributed by atoms with Crippen molar-refractivity contribution in [1.82, 2.24) is 30.1 Å². The van der Waals surface area contributed by atoms with Crippen LogP contribution in [-0.2, 0) is 9.53 Å². The van der Waals surface area contributed by atoms with E-state index < -0.39 is 6.04 Å². The number of carbonyl (C=O) groups is 2. The van der Waals surface area contributed by atoms with Crippen molar-refractivity contribution in [2.45, 2.75) is 90.0 Å². The molecule has 0 spiro atoms. The quantitative estimate of drug-likeness (QED) is 0.171. The smallest absolute Gasteiger partial charge is 0.251 e. The maximum absolute atomic E-state index is 13.4. The maximum Gasteiger partial charge on any atom is 0.251 e. The summed E-state index contributed by atoms with van der Waals surface area (Å²) in [4.78, 5) is 30.6. The van der Waals surface area contributed by atoms with Gasteiger partial charge in [-0.3, -0.25) is 9.59 Å². The van der Waals surface area contributed by atoms with E-state index in [-0.39, 0.29) is 24.2 Å². The first-order chi connectivity index (χ1) is 20.0. The Balaban J connectivity index is 0.00000616. The Morgan fingerprint density at radius 2 is 1.57 bits per heavy atom. The fourth-order valence-electron chi connectivity index (χ4n) is 4.97. The number of nitrogens with zero attached hydrogens (tertiary/aromatic N) is 5. The first-order valence-electron chi connectivity index (χ1n) is 15.4. The van der Waals surface area contributed by atoms with Crippen LogP contribution < -0.4 is 5.32 Å².